The van der Waals surface area contributed by atoms with Crippen LogP contribution in [0.25, 0.3) is 0 Å². The molecule has 1 saturated heterocycles. The van der Waals surface area contributed by atoms with Gasteiger partial charge in [-0.1, -0.05) is 30.3 Å². The van der Waals surface area contributed by atoms with Crippen LogP contribution in [0.1, 0.15) is 18.4 Å². The summed E-state index contributed by atoms with van der Waals surface area (Å²) < 4.78 is 5.33. The molecule has 1 atom stereocenters. The Bertz CT molecular complexity index is 610. The minimum Gasteiger partial charge on any atom is -0.368 e. The van der Waals surface area contributed by atoms with Crippen LogP contribution in [-0.2, 0) is 16.1 Å². The summed E-state index contributed by atoms with van der Waals surface area (Å²) in [5.74, 6) is 0.946. The number of ether oxygens (including phenoxy) is 1. The number of aromatic nitrogens is 2. The van der Waals surface area contributed by atoms with Crippen molar-refractivity contribution in [1.29, 1.82) is 0 Å². The molecule has 1 amide bonds. The molecule has 22 heavy (non-hydrogen) atoms. The molecule has 0 aliphatic carbocycles. The lowest BCUT2D eigenvalue weighted by atomic mass is 10.2. The van der Waals surface area contributed by atoms with Crippen LogP contribution in [0.5, 0.6) is 0 Å². The van der Waals surface area contributed by atoms with Crippen LogP contribution in [0, 0.1) is 0 Å². The molecule has 6 heteroatoms. The maximum atomic E-state index is 11.9. The van der Waals surface area contributed by atoms with E-state index in [9.17, 15) is 4.79 Å². The molecule has 1 aliphatic heterocycles. The highest BCUT2D eigenvalue weighted by Gasteiger charge is 2.23. The number of nitrogens with one attached hydrogen (secondary N) is 2. The highest BCUT2D eigenvalue weighted by molar-refractivity contribution is 5.93. The molecule has 0 bridgehead atoms. The predicted octanol–water partition coefficient (Wildman–Crippen LogP) is 2.21. The standard InChI is InChI=1S/C16H18N4O2/c21-16(13-7-4-10-22-13)18-15-9-8-14(19-20-15)17-11-12-5-2-1-3-6-12/h1-3,5-6,8-9,13H,4,7,10-11H2,(H,17,19)(H,18,20,21). The molecule has 2 heterocycles. The van der Waals surface area contributed by atoms with Crippen molar-refractivity contribution in [3.05, 3.63) is 48.0 Å². The molecular weight excluding hydrogens is 280 g/mol. The van der Waals surface area contributed by atoms with Gasteiger partial charge in [-0.15, -0.1) is 10.2 Å². The van der Waals surface area contributed by atoms with Gasteiger partial charge < -0.3 is 15.4 Å². The minimum atomic E-state index is -0.363. The average Bonchev–Trinajstić information content (AvgIpc) is 3.10. The first kappa shape index (κ1) is 14.5. The zero-order valence-corrected chi connectivity index (χ0v) is 12.2. The van der Waals surface area contributed by atoms with E-state index in [2.05, 4.69) is 20.8 Å². The molecule has 0 spiro atoms. The van der Waals surface area contributed by atoms with Crippen molar-refractivity contribution in [3.63, 3.8) is 0 Å². The lowest BCUT2D eigenvalue weighted by molar-refractivity contribution is -0.124. The lowest BCUT2D eigenvalue weighted by Crippen LogP contribution is -2.27. The summed E-state index contributed by atoms with van der Waals surface area (Å²) in [6, 6.07) is 13.6. The van der Waals surface area contributed by atoms with Crippen LogP contribution in [0.2, 0.25) is 0 Å². The fourth-order valence-corrected chi connectivity index (χ4v) is 2.27. The predicted molar refractivity (Wildman–Crippen MR) is 83.4 cm³/mol. The summed E-state index contributed by atoms with van der Waals surface area (Å²) in [7, 11) is 0. The first-order chi connectivity index (χ1) is 10.8. The van der Waals surface area contributed by atoms with E-state index in [0.29, 0.717) is 24.8 Å². The number of carbonyl (C=O) groups excluding carboxylic acids is 1. The van der Waals surface area contributed by atoms with Crippen molar-refractivity contribution in [2.75, 3.05) is 17.2 Å². The molecule has 0 saturated carbocycles. The Morgan fingerprint density at radius 2 is 1.91 bits per heavy atom. The number of amides is 1. The van der Waals surface area contributed by atoms with Crippen LogP contribution >= 0.6 is 0 Å². The van der Waals surface area contributed by atoms with E-state index in [-0.39, 0.29) is 12.0 Å². The zero-order valence-electron chi connectivity index (χ0n) is 12.2. The molecule has 2 N–H and O–H groups in total. The molecule has 114 valence electrons. The van der Waals surface area contributed by atoms with Crippen molar-refractivity contribution in [2.45, 2.75) is 25.5 Å². The van der Waals surface area contributed by atoms with Gasteiger partial charge in [-0.2, -0.15) is 0 Å². The highest BCUT2D eigenvalue weighted by Crippen LogP contribution is 2.14. The molecule has 1 unspecified atom stereocenters. The van der Waals surface area contributed by atoms with Crippen LogP contribution in [0.15, 0.2) is 42.5 Å². The van der Waals surface area contributed by atoms with Crippen molar-refractivity contribution in [3.8, 4) is 0 Å². The number of nitrogens with zero attached hydrogens (tertiary/aromatic N) is 2. The summed E-state index contributed by atoms with van der Waals surface area (Å²) in [5.41, 5.74) is 1.17. The normalized spacial score (nSPS) is 17.2. The molecule has 2 aromatic rings. The number of benzene rings is 1. The van der Waals surface area contributed by atoms with E-state index < -0.39 is 0 Å². The molecule has 0 radical (unpaired) electrons. The monoisotopic (exact) mass is 298 g/mol. The summed E-state index contributed by atoms with van der Waals surface area (Å²) in [4.78, 5) is 11.9. The van der Waals surface area contributed by atoms with Crippen molar-refractivity contribution >= 4 is 17.5 Å². The second-order valence-corrected chi connectivity index (χ2v) is 5.13. The van der Waals surface area contributed by atoms with Gasteiger partial charge in [0.15, 0.2) is 5.82 Å². The molecule has 3 rings (SSSR count). The SMILES string of the molecule is O=C(Nc1ccc(NCc2ccccc2)nn1)C1CCCO1. The molecule has 1 aromatic heterocycles. The fraction of sp³-hybridized carbons (Fsp3) is 0.312. The van der Waals surface area contributed by atoms with Crippen LogP contribution in [0.3, 0.4) is 0 Å². The first-order valence-corrected chi connectivity index (χ1v) is 7.35. The third kappa shape index (κ3) is 3.79. The summed E-state index contributed by atoms with van der Waals surface area (Å²) in [5, 5.41) is 14.0. The number of hydrogen-bond donors (Lipinski definition) is 2. The molecule has 6 nitrogen and oxygen atoms in total. The Kier molecular flexibility index (Phi) is 4.60. The molecule has 1 aromatic carbocycles. The topological polar surface area (TPSA) is 76.1 Å². The molecule has 1 aliphatic rings. The Balaban J connectivity index is 1.52. The maximum Gasteiger partial charge on any atom is 0.254 e. The zero-order chi connectivity index (χ0) is 15.2. The second kappa shape index (κ2) is 7.00. The van der Waals surface area contributed by atoms with E-state index in [1.165, 1.54) is 5.56 Å². The molecule has 1 fully saturated rings. The van der Waals surface area contributed by atoms with Gasteiger partial charge in [0.05, 0.1) is 0 Å². The van der Waals surface area contributed by atoms with Gasteiger partial charge in [0.2, 0.25) is 0 Å². The number of anilines is 2. The second-order valence-electron chi connectivity index (χ2n) is 5.13. The minimum absolute atomic E-state index is 0.156. The summed E-state index contributed by atoms with van der Waals surface area (Å²) >= 11 is 0. The van der Waals surface area contributed by atoms with E-state index >= 15 is 0 Å². The van der Waals surface area contributed by atoms with Crippen molar-refractivity contribution < 1.29 is 9.53 Å². The van der Waals surface area contributed by atoms with Gasteiger partial charge in [-0.25, -0.2) is 0 Å². The smallest absolute Gasteiger partial charge is 0.254 e. The van der Waals surface area contributed by atoms with Gasteiger partial charge in [0, 0.05) is 13.2 Å². The maximum absolute atomic E-state index is 11.9. The fourth-order valence-electron chi connectivity index (χ4n) is 2.27. The third-order valence-electron chi connectivity index (χ3n) is 3.45. The van der Waals surface area contributed by atoms with Crippen molar-refractivity contribution in [1.82, 2.24) is 10.2 Å². The Morgan fingerprint density at radius 1 is 1.14 bits per heavy atom. The lowest BCUT2D eigenvalue weighted by Gasteiger charge is -2.10. The molecular formula is C16H18N4O2. The Labute approximate surface area is 128 Å². The van der Waals surface area contributed by atoms with E-state index in [1.54, 1.807) is 12.1 Å². The van der Waals surface area contributed by atoms with Crippen LogP contribution < -0.4 is 10.6 Å². The summed E-state index contributed by atoms with van der Waals surface area (Å²) in [6.45, 7) is 1.32. The van der Waals surface area contributed by atoms with Gasteiger partial charge >= 0.3 is 0 Å². The highest BCUT2D eigenvalue weighted by atomic mass is 16.5. The van der Waals surface area contributed by atoms with E-state index in [0.717, 1.165) is 12.8 Å². The van der Waals surface area contributed by atoms with E-state index in [1.807, 2.05) is 30.3 Å². The number of hydrogen-bond acceptors (Lipinski definition) is 5. The average molecular weight is 298 g/mol. The van der Waals surface area contributed by atoms with Gasteiger partial charge in [0.25, 0.3) is 5.91 Å². The first-order valence-electron chi connectivity index (χ1n) is 7.35. The summed E-state index contributed by atoms with van der Waals surface area (Å²) in [6.07, 6.45) is 1.32. The quantitative estimate of drug-likeness (QED) is 0.885. The largest absolute Gasteiger partial charge is 0.368 e. The van der Waals surface area contributed by atoms with Crippen LogP contribution in [-0.4, -0.2) is 28.8 Å². The van der Waals surface area contributed by atoms with Gasteiger partial charge in [-0.3, -0.25) is 4.79 Å². The van der Waals surface area contributed by atoms with Gasteiger partial charge in [0.1, 0.15) is 11.9 Å². The van der Waals surface area contributed by atoms with Gasteiger partial charge in [-0.05, 0) is 30.5 Å². The Morgan fingerprint density at radius 3 is 2.59 bits per heavy atom. The van der Waals surface area contributed by atoms with Crippen molar-refractivity contribution in [2.24, 2.45) is 0 Å². The number of carbonyl (C=O) groups is 1. The number of rotatable bonds is 5. The van der Waals surface area contributed by atoms with Crippen LogP contribution in [0.4, 0.5) is 11.6 Å². The third-order valence-corrected chi connectivity index (χ3v) is 3.45. The van der Waals surface area contributed by atoms with E-state index in [4.69, 9.17) is 4.74 Å². The Hall–Kier alpha value is -2.47.